The van der Waals surface area contributed by atoms with E-state index < -0.39 is 12.1 Å². The highest BCUT2D eigenvalue weighted by Crippen LogP contribution is 2.45. The number of rotatable bonds is 11. The summed E-state index contributed by atoms with van der Waals surface area (Å²) in [5.74, 6) is -0.900. The standard InChI is InChI=1S/C22H35FO4/c1-22(13-8-14-22)20(24)11-7-10-17-16(18(23)15-19(17)27-2)9-5-3-4-6-12-21(25)26/h3,5,7,10,16-20,24H,4,6,8-9,11-15H2,1-2H3,(H,25,26)/b5-3-,10-7+/t16-,17-,18?,19?,20?/m1/s1. The van der Waals surface area contributed by atoms with Crippen LogP contribution < -0.4 is 0 Å². The number of aliphatic hydroxyl groups is 1. The van der Waals surface area contributed by atoms with Crippen LogP contribution in [0, 0.1) is 17.3 Å². The van der Waals surface area contributed by atoms with Gasteiger partial charge in [-0.25, -0.2) is 4.39 Å². The van der Waals surface area contributed by atoms with Crippen LogP contribution in [0.2, 0.25) is 0 Å². The van der Waals surface area contributed by atoms with Gasteiger partial charge >= 0.3 is 5.97 Å². The SMILES string of the molecule is COC1CC(F)[C@H](C/C=C\CCCC(=O)O)[C@H]1/C=C/CC(O)C1(C)CCC1. The minimum Gasteiger partial charge on any atom is -0.481 e. The molecule has 0 saturated heterocycles. The highest BCUT2D eigenvalue weighted by atomic mass is 19.1. The number of unbranched alkanes of at least 4 members (excludes halogenated alkanes) is 1. The number of aliphatic carboxylic acids is 1. The molecule has 0 aromatic heterocycles. The molecular formula is C22H35FO4. The predicted molar refractivity (Wildman–Crippen MR) is 104 cm³/mol. The van der Waals surface area contributed by atoms with Crippen LogP contribution in [0.4, 0.5) is 4.39 Å². The molecule has 0 aromatic carbocycles. The van der Waals surface area contributed by atoms with Gasteiger partial charge in [-0.3, -0.25) is 4.79 Å². The summed E-state index contributed by atoms with van der Waals surface area (Å²) < 4.78 is 20.0. The zero-order valence-corrected chi connectivity index (χ0v) is 16.6. The summed E-state index contributed by atoms with van der Waals surface area (Å²) in [6, 6.07) is 0. The fourth-order valence-corrected chi connectivity index (χ4v) is 4.35. The first-order valence-corrected chi connectivity index (χ1v) is 10.3. The monoisotopic (exact) mass is 382 g/mol. The van der Waals surface area contributed by atoms with Crippen LogP contribution in [-0.2, 0) is 9.53 Å². The number of methoxy groups -OCH3 is 1. The Hall–Kier alpha value is -1.20. The molecule has 0 bridgehead atoms. The molecule has 0 heterocycles. The number of carboxylic acids is 1. The molecule has 5 heteroatoms. The Morgan fingerprint density at radius 3 is 2.67 bits per heavy atom. The maximum absolute atomic E-state index is 14.5. The van der Waals surface area contributed by atoms with Gasteiger partial charge in [0.15, 0.2) is 0 Å². The molecule has 4 nitrogen and oxygen atoms in total. The molecule has 2 N–H and O–H groups in total. The van der Waals surface area contributed by atoms with E-state index in [2.05, 4.69) is 6.92 Å². The number of carbonyl (C=O) groups is 1. The van der Waals surface area contributed by atoms with E-state index in [0.29, 0.717) is 32.1 Å². The van der Waals surface area contributed by atoms with E-state index in [9.17, 15) is 14.3 Å². The Labute approximate surface area is 162 Å². The number of hydrogen-bond donors (Lipinski definition) is 2. The second-order valence-corrected chi connectivity index (χ2v) is 8.45. The van der Waals surface area contributed by atoms with Crippen molar-refractivity contribution in [2.24, 2.45) is 17.3 Å². The molecule has 2 fully saturated rings. The lowest BCUT2D eigenvalue weighted by atomic mass is 9.66. The number of carboxylic acid groups (broad SMARTS) is 1. The molecule has 154 valence electrons. The first-order valence-electron chi connectivity index (χ1n) is 10.3. The van der Waals surface area contributed by atoms with E-state index in [-0.39, 0.29) is 35.9 Å². The molecule has 5 atom stereocenters. The van der Waals surface area contributed by atoms with E-state index >= 15 is 0 Å². The van der Waals surface area contributed by atoms with Crippen LogP contribution in [0.15, 0.2) is 24.3 Å². The third-order valence-corrected chi connectivity index (χ3v) is 6.50. The zero-order valence-electron chi connectivity index (χ0n) is 16.6. The Morgan fingerprint density at radius 2 is 2.07 bits per heavy atom. The van der Waals surface area contributed by atoms with Crippen LogP contribution in [0.1, 0.15) is 64.7 Å². The Morgan fingerprint density at radius 1 is 1.33 bits per heavy atom. The van der Waals surface area contributed by atoms with Gasteiger partial charge in [-0.2, -0.15) is 0 Å². The maximum atomic E-state index is 14.5. The van der Waals surface area contributed by atoms with Crippen molar-refractivity contribution in [2.45, 2.75) is 83.1 Å². The van der Waals surface area contributed by atoms with Crippen molar-refractivity contribution in [2.75, 3.05) is 7.11 Å². The van der Waals surface area contributed by atoms with Crippen molar-refractivity contribution in [1.29, 1.82) is 0 Å². The highest BCUT2D eigenvalue weighted by Gasteiger charge is 2.42. The molecule has 27 heavy (non-hydrogen) atoms. The van der Waals surface area contributed by atoms with E-state index in [1.807, 2.05) is 24.3 Å². The first-order chi connectivity index (χ1) is 12.9. The molecular weight excluding hydrogens is 347 g/mol. The summed E-state index contributed by atoms with van der Waals surface area (Å²) in [6.45, 7) is 2.14. The van der Waals surface area contributed by atoms with Crippen LogP contribution in [0.3, 0.4) is 0 Å². The summed E-state index contributed by atoms with van der Waals surface area (Å²) in [7, 11) is 1.63. The lowest BCUT2D eigenvalue weighted by Gasteiger charge is -2.42. The Balaban J connectivity index is 1.86. The minimum atomic E-state index is -0.901. The van der Waals surface area contributed by atoms with Crippen LogP contribution in [0.25, 0.3) is 0 Å². The molecule has 2 aliphatic carbocycles. The zero-order chi connectivity index (χ0) is 19.9. The summed E-state index contributed by atoms with van der Waals surface area (Å²) >= 11 is 0. The number of hydrogen-bond acceptors (Lipinski definition) is 3. The normalized spacial score (nSPS) is 31.4. The number of ether oxygens (including phenoxy) is 1. The van der Waals surface area contributed by atoms with Gasteiger partial charge in [-0.15, -0.1) is 0 Å². The van der Waals surface area contributed by atoms with Gasteiger partial charge in [0.1, 0.15) is 6.17 Å². The van der Waals surface area contributed by atoms with Crippen LogP contribution >= 0.6 is 0 Å². The predicted octanol–water partition coefficient (Wildman–Crippen LogP) is 4.67. The third kappa shape index (κ3) is 6.15. The molecule has 0 radical (unpaired) electrons. The van der Waals surface area contributed by atoms with Crippen molar-refractivity contribution in [3.05, 3.63) is 24.3 Å². The molecule has 0 aromatic rings. The highest BCUT2D eigenvalue weighted by molar-refractivity contribution is 5.66. The van der Waals surface area contributed by atoms with Crippen molar-refractivity contribution in [3.63, 3.8) is 0 Å². The minimum absolute atomic E-state index is 0.00932. The van der Waals surface area contributed by atoms with Gasteiger partial charge < -0.3 is 14.9 Å². The van der Waals surface area contributed by atoms with Gasteiger partial charge in [0.25, 0.3) is 0 Å². The lowest BCUT2D eigenvalue weighted by Crippen LogP contribution is -2.38. The second kappa shape index (κ2) is 10.4. The number of aliphatic hydroxyl groups excluding tert-OH is 1. The van der Waals surface area contributed by atoms with E-state index in [4.69, 9.17) is 9.84 Å². The molecule has 2 saturated carbocycles. The van der Waals surface area contributed by atoms with E-state index in [1.165, 1.54) is 6.42 Å². The summed E-state index contributed by atoms with van der Waals surface area (Å²) in [4.78, 5) is 10.5. The van der Waals surface area contributed by atoms with Crippen LogP contribution in [0.5, 0.6) is 0 Å². The average molecular weight is 383 g/mol. The molecule has 0 amide bonds. The number of alkyl halides is 1. The lowest BCUT2D eigenvalue weighted by molar-refractivity contribution is -0.137. The number of halogens is 1. The molecule has 0 aliphatic heterocycles. The smallest absolute Gasteiger partial charge is 0.303 e. The maximum Gasteiger partial charge on any atom is 0.303 e. The van der Waals surface area contributed by atoms with Crippen LogP contribution in [-0.4, -0.2) is 41.7 Å². The summed E-state index contributed by atoms with van der Waals surface area (Å²) in [6.07, 6.45) is 13.1. The largest absolute Gasteiger partial charge is 0.481 e. The third-order valence-electron chi connectivity index (χ3n) is 6.50. The van der Waals surface area contributed by atoms with Gasteiger partial charge in [-0.1, -0.05) is 37.6 Å². The van der Waals surface area contributed by atoms with Gasteiger partial charge in [0.2, 0.25) is 0 Å². The second-order valence-electron chi connectivity index (χ2n) is 8.45. The summed E-state index contributed by atoms with van der Waals surface area (Å²) in [5.41, 5.74) is 0.0430. The Kier molecular flexibility index (Phi) is 8.49. The van der Waals surface area contributed by atoms with Gasteiger partial charge in [-0.05, 0) is 43.9 Å². The van der Waals surface area contributed by atoms with Gasteiger partial charge in [0.05, 0.1) is 12.2 Å². The average Bonchev–Trinajstić information content (AvgIpc) is 2.90. The van der Waals surface area contributed by atoms with Crippen molar-refractivity contribution in [1.82, 2.24) is 0 Å². The van der Waals surface area contributed by atoms with Crippen molar-refractivity contribution < 1.29 is 24.1 Å². The fourth-order valence-electron chi connectivity index (χ4n) is 4.35. The Bertz CT molecular complexity index is 526. The molecule has 0 spiro atoms. The number of allylic oxidation sites excluding steroid dienone is 2. The molecule has 3 unspecified atom stereocenters. The molecule has 2 rings (SSSR count). The molecule has 2 aliphatic rings. The summed E-state index contributed by atoms with van der Waals surface area (Å²) in [5, 5.41) is 19.0. The van der Waals surface area contributed by atoms with Crippen molar-refractivity contribution >= 4 is 5.97 Å². The van der Waals surface area contributed by atoms with E-state index in [1.54, 1.807) is 7.11 Å². The topological polar surface area (TPSA) is 66.8 Å². The fraction of sp³-hybridized carbons (Fsp3) is 0.773. The van der Waals surface area contributed by atoms with Crippen molar-refractivity contribution in [3.8, 4) is 0 Å². The van der Waals surface area contributed by atoms with Gasteiger partial charge in [0, 0.05) is 31.8 Å². The first kappa shape index (κ1) is 22.1. The quantitative estimate of drug-likeness (QED) is 0.402. The van der Waals surface area contributed by atoms with E-state index in [0.717, 1.165) is 12.8 Å².